The number of aromatic nitrogens is 2. The van der Waals surface area contributed by atoms with Gasteiger partial charge in [-0.3, -0.25) is 10.1 Å². The van der Waals surface area contributed by atoms with E-state index in [0.717, 1.165) is 5.56 Å². The Labute approximate surface area is 139 Å². The number of H-pyrrole nitrogens is 2. The maximum Gasteiger partial charge on any atom is 0.323 e. The van der Waals surface area contributed by atoms with E-state index in [1.165, 1.54) is 0 Å². The molecule has 0 saturated carbocycles. The fourth-order valence-electron chi connectivity index (χ4n) is 2.65. The molecule has 1 heterocycles. The molecule has 4 N–H and O–H groups in total. The third-order valence-corrected chi connectivity index (χ3v) is 3.98. The number of carbonyl (C=O) groups is 1. The van der Waals surface area contributed by atoms with Gasteiger partial charge in [-0.15, -0.1) is 0 Å². The molecule has 3 rings (SSSR count). The van der Waals surface area contributed by atoms with Crippen molar-refractivity contribution in [3.05, 3.63) is 64.6 Å². The summed E-state index contributed by atoms with van der Waals surface area (Å²) in [7, 11) is 0. The minimum Gasteiger partial charge on any atom is -0.325 e. The van der Waals surface area contributed by atoms with Crippen LogP contribution in [0.3, 0.4) is 0 Å². The van der Waals surface area contributed by atoms with Crippen molar-refractivity contribution in [3.63, 3.8) is 0 Å². The first-order valence-electron chi connectivity index (χ1n) is 7.87. The van der Waals surface area contributed by atoms with Crippen molar-refractivity contribution in [2.75, 3.05) is 5.32 Å². The number of rotatable bonds is 5. The lowest BCUT2D eigenvalue weighted by atomic mass is 10.1. The number of amides is 1. The summed E-state index contributed by atoms with van der Waals surface area (Å²) in [6, 6.07) is 14.9. The highest BCUT2D eigenvalue weighted by Crippen LogP contribution is 2.16. The summed E-state index contributed by atoms with van der Waals surface area (Å²) < 4.78 is 0. The molecule has 0 saturated heterocycles. The minimum atomic E-state index is -0.360. The molecule has 0 fully saturated rings. The molecule has 0 aliphatic rings. The van der Waals surface area contributed by atoms with Crippen molar-refractivity contribution in [2.24, 2.45) is 0 Å². The molecule has 0 bridgehead atoms. The number of nitrogens with one attached hydrogen (secondary N) is 4. The van der Waals surface area contributed by atoms with Crippen molar-refractivity contribution in [2.45, 2.75) is 25.9 Å². The second kappa shape index (κ2) is 6.72. The summed E-state index contributed by atoms with van der Waals surface area (Å²) in [6.07, 6.45) is 0. The Morgan fingerprint density at radius 1 is 1.00 bits per heavy atom. The van der Waals surface area contributed by atoms with E-state index in [0.29, 0.717) is 16.7 Å². The van der Waals surface area contributed by atoms with Gasteiger partial charge in [-0.2, -0.15) is 0 Å². The molecule has 0 aliphatic heterocycles. The quantitative estimate of drug-likeness (QED) is 0.581. The number of aromatic amines is 2. The topological polar surface area (TPSA) is 89.8 Å². The van der Waals surface area contributed by atoms with E-state index in [9.17, 15) is 9.59 Å². The monoisotopic (exact) mass is 324 g/mol. The molecule has 2 atom stereocenters. The second-order valence-electron chi connectivity index (χ2n) is 5.85. The molecule has 0 radical (unpaired) electrons. The van der Waals surface area contributed by atoms with Gasteiger partial charge in [0.2, 0.25) is 5.91 Å². The van der Waals surface area contributed by atoms with E-state index in [1.807, 2.05) is 44.2 Å². The maximum absolute atomic E-state index is 12.4. The molecular formula is C18H20N4O2. The standard InChI is InChI=1S/C18H20N4O2/c1-11(13-6-4-3-5-7-13)19-12(2)17(23)20-14-8-9-15-16(10-14)22-18(24)21-15/h3-12,19H,1-2H3,(H,20,23)(H2,21,22,24)/t11-,12-/m0/s1. The van der Waals surface area contributed by atoms with Crippen LogP contribution in [0.2, 0.25) is 0 Å². The Morgan fingerprint density at radius 2 is 1.71 bits per heavy atom. The van der Waals surface area contributed by atoms with Gasteiger partial charge < -0.3 is 15.3 Å². The Kier molecular flexibility index (Phi) is 4.48. The first kappa shape index (κ1) is 16.0. The number of hydrogen-bond acceptors (Lipinski definition) is 3. The SMILES string of the molecule is C[C@H](N[C@@H](C)c1ccccc1)C(=O)Nc1ccc2[nH]c(=O)[nH]c2c1. The zero-order chi connectivity index (χ0) is 17.1. The predicted molar refractivity (Wildman–Crippen MR) is 95.0 cm³/mol. The van der Waals surface area contributed by atoms with Gasteiger partial charge in [0.05, 0.1) is 17.1 Å². The van der Waals surface area contributed by atoms with Crippen molar-refractivity contribution < 1.29 is 4.79 Å². The van der Waals surface area contributed by atoms with Crippen molar-refractivity contribution >= 4 is 22.6 Å². The molecule has 6 nitrogen and oxygen atoms in total. The number of fused-ring (bicyclic) bond motifs is 1. The number of imidazole rings is 1. The lowest BCUT2D eigenvalue weighted by Gasteiger charge is -2.20. The minimum absolute atomic E-state index is 0.0652. The van der Waals surface area contributed by atoms with Crippen LogP contribution >= 0.6 is 0 Å². The molecule has 2 aromatic carbocycles. The molecular weight excluding hydrogens is 304 g/mol. The van der Waals surface area contributed by atoms with Gasteiger partial charge in [-0.25, -0.2) is 4.79 Å². The van der Waals surface area contributed by atoms with E-state index in [-0.39, 0.29) is 23.7 Å². The zero-order valence-electron chi connectivity index (χ0n) is 13.6. The van der Waals surface area contributed by atoms with Crippen molar-refractivity contribution in [1.82, 2.24) is 15.3 Å². The van der Waals surface area contributed by atoms with Crippen LogP contribution in [0.4, 0.5) is 5.69 Å². The van der Waals surface area contributed by atoms with Crippen LogP contribution in [0, 0.1) is 0 Å². The highest BCUT2D eigenvalue weighted by Gasteiger charge is 2.16. The Bertz CT molecular complexity index is 898. The van der Waals surface area contributed by atoms with Crippen LogP contribution in [-0.2, 0) is 4.79 Å². The molecule has 1 aromatic heterocycles. The van der Waals surface area contributed by atoms with Gasteiger partial charge in [0.25, 0.3) is 0 Å². The van der Waals surface area contributed by atoms with E-state index in [1.54, 1.807) is 18.2 Å². The normalized spacial score (nSPS) is 13.6. The average Bonchev–Trinajstić information content (AvgIpc) is 2.94. The Morgan fingerprint density at radius 3 is 2.46 bits per heavy atom. The molecule has 0 spiro atoms. The number of anilines is 1. The van der Waals surface area contributed by atoms with Gasteiger partial charge >= 0.3 is 5.69 Å². The summed E-state index contributed by atoms with van der Waals surface area (Å²) in [4.78, 5) is 29.0. The molecule has 0 unspecified atom stereocenters. The Balaban J connectivity index is 1.65. The van der Waals surface area contributed by atoms with Gasteiger partial charge in [0, 0.05) is 11.7 Å². The molecule has 6 heteroatoms. The van der Waals surface area contributed by atoms with Gasteiger partial charge in [-0.05, 0) is 37.6 Å². The fourth-order valence-corrected chi connectivity index (χ4v) is 2.65. The third-order valence-electron chi connectivity index (χ3n) is 3.98. The molecule has 24 heavy (non-hydrogen) atoms. The fraction of sp³-hybridized carbons (Fsp3) is 0.222. The smallest absolute Gasteiger partial charge is 0.323 e. The molecule has 0 aliphatic carbocycles. The van der Waals surface area contributed by atoms with Crippen LogP contribution in [0.1, 0.15) is 25.5 Å². The third kappa shape index (κ3) is 3.55. The van der Waals surface area contributed by atoms with Gasteiger partial charge in [0.15, 0.2) is 0 Å². The number of carbonyl (C=O) groups excluding carboxylic acids is 1. The van der Waals surface area contributed by atoms with Crippen LogP contribution in [-0.4, -0.2) is 21.9 Å². The summed E-state index contributed by atoms with van der Waals surface area (Å²) in [5.74, 6) is -0.130. The van der Waals surface area contributed by atoms with Crippen molar-refractivity contribution in [1.29, 1.82) is 0 Å². The van der Waals surface area contributed by atoms with Gasteiger partial charge in [-0.1, -0.05) is 30.3 Å². The highest BCUT2D eigenvalue weighted by molar-refractivity contribution is 5.96. The number of benzene rings is 2. The summed E-state index contributed by atoms with van der Waals surface area (Å²) >= 11 is 0. The Hall–Kier alpha value is -2.86. The largest absolute Gasteiger partial charge is 0.325 e. The molecule has 1 amide bonds. The lowest BCUT2D eigenvalue weighted by molar-refractivity contribution is -0.117. The van der Waals surface area contributed by atoms with Crippen LogP contribution < -0.4 is 16.3 Å². The molecule has 124 valence electrons. The van der Waals surface area contributed by atoms with Crippen LogP contribution in [0.15, 0.2) is 53.3 Å². The van der Waals surface area contributed by atoms with E-state index in [4.69, 9.17) is 0 Å². The van der Waals surface area contributed by atoms with E-state index >= 15 is 0 Å². The first-order chi connectivity index (χ1) is 11.5. The van der Waals surface area contributed by atoms with Crippen LogP contribution in [0.25, 0.3) is 11.0 Å². The number of hydrogen-bond donors (Lipinski definition) is 4. The lowest BCUT2D eigenvalue weighted by Crippen LogP contribution is -2.39. The first-order valence-corrected chi connectivity index (χ1v) is 7.87. The van der Waals surface area contributed by atoms with Crippen molar-refractivity contribution in [3.8, 4) is 0 Å². The maximum atomic E-state index is 12.4. The summed E-state index contributed by atoms with van der Waals surface area (Å²) in [5, 5.41) is 6.14. The average molecular weight is 324 g/mol. The predicted octanol–water partition coefficient (Wildman–Crippen LogP) is 2.53. The van der Waals surface area contributed by atoms with Gasteiger partial charge in [0.1, 0.15) is 0 Å². The highest BCUT2D eigenvalue weighted by atomic mass is 16.2. The summed E-state index contributed by atoms with van der Waals surface area (Å²) in [5.41, 5.74) is 2.88. The molecule has 3 aromatic rings. The summed E-state index contributed by atoms with van der Waals surface area (Å²) in [6.45, 7) is 3.85. The second-order valence-corrected chi connectivity index (χ2v) is 5.85. The van der Waals surface area contributed by atoms with E-state index < -0.39 is 0 Å². The zero-order valence-corrected chi connectivity index (χ0v) is 13.6. The van der Waals surface area contributed by atoms with E-state index in [2.05, 4.69) is 20.6 Å². The van der Waals surface area contributed by atoms with Crippen LogP contribution in [0.5, 0.6) is 0 Å².